The quantitative estimate of drug-likeness (QED) is 0.726. The first-order valence-electron chi connectivity index (χ1n) is 4.75. The summed E-state index contributed by atoms with van der Waals surface area (Å²) >= 11 is 0. The van der Waals surface area contributed by atoms with Gasteiger partial charge in [-0.3, -0.25) is 14.4 Å². The van der Waals surface area contributed by atoms with Gasteiger partial charge < -0.3 is 20.2 Å². The maximum Gasteiger partial charge on any atom is 0.323 e. The molecule has 1 rings (SSSR count). The third-order valence-corrected chi connectivity index (χ3v) is 2.05. The van der Waals surface area contributed by atoms with Crippen molar-refractivity contribution in [2.24, 2.45) is 5.73 Å². The van der Waals surface area contributed by atoms with E-state index in [0.717, 1.165) is 4.90 Å². The van der Waals surface area contributed by atoms with E-state index in [2.05, 4.69) is 0 Å². The predicted molar refractivity (Wildman–Crippen MR) is 56.2 cm³/mol. The average molecular weight is 240 g/mol. The Bertz CT molecular complexity index is 435. The summed E-state index contributed by atoms with van der Waals surface area (Å²) in [6.45, 7) is 0.526. The van der Waals surface area contributed by atoms with Crippen molar-refractivity contribution in [1.82, 2.24) is 4.90 Å². The number of carbonyl (C=O) groups is 3. The molecular weight excluding hydrogens is 228 g/mol. The molecule has 7 heteroatoms. The van der Waals surface area contributed by atoms with Gasteiger partial charge in [0.05, 0.1) is 11.8 Å². The lowest BCUT2D eigenvalue weighted by atomic mass is 10.2. The van der Waals surface area contributed by atoms with E-state index in [1.54, 1.807) is 6.92 Å². The maximum absolute atomic E-state index is 11.9. The summed E-state index contributed by atoms with van der Waals surface area (Å²) in [7, 11) is 0. The molecule has 7 nitrogen and oxygen atoms in total. The van der Waals surface area contributed by atoms with Crippen molar-refractivity contribution in [3.63, 3.8) is 0 Å². The van der Waals surface area contributed by atoms with Crippen LogP contribution in [0.25, 0.3) is 0 Å². The third-order valence-electron chi connectivity index (χ3n) is 2.05. The lowest BCUT2D eigenvalue weighted by molar-refractivity contribution is -0.138. The Morgan fingerprint density at radius 1 is 1.41 bits per heavy atom. The van der Waals surface area contributed by atoms with E-state index < -0.39 is 30.9 Å². The number of nitrogens with zero attached hydrogens (tertiary/aromatic N) is 1. The van der Waals surface area contributed by atoms with Crippen molar-refractivity contribution in [1.29, 1.82) is 0 Å². The Kier molecular flexibility index (Phi) is 3.86. The summed E-state index contributed by atoms with van der Waals surface area (Å²) in [5.74, 6) is -2.24. The first-order valence-corrected chi connectivity index (χ1v) is 4.75. The minimum atomic E-state index is -1.22. The van der Waals surface area contributed by atoms with Crippen LogP contribution < -0.4 is 5.73 Å². The molecule has 0 saturated carbocycles. The molecule has 17 heavy (non-hydrogen) atoms. The highest BCUT2D eigenvalue weighted by molar-refractivity contribution is 5.98. The molecule has 0 aliphatic rings. The van der Waals surface area contributed by atoms with Gasteiger partial charge in [0.2, 0.25) is 5.91 Å². The van der Waals surface area contributed by atoms with Gasteiger partial charge in [-0.2, -0.15) is 0 Å². The van der Waals surface area contributed by atoms with Crippen LogP contribution in [0.3, 0.4) is 0 Å². The van der Waals surface area contributed by atoms with Gasteiger partial charge in [-0.05, 0) is 13.0 Å². The number of carboxylic acids is 1. The number of hydrogen-bond acceptors (Lipinski definition) is 4. The lowest BCUT2D eigenvalue weighted by Gasteiger charge is -2.18. The number of carbonyl (C=O) groups excluding carboxylic acids is 2. The molecular formula is C10H12N2O5. The summed E-state index contributed by atoms with van der Waals surface area (Å²) < 4.78 is 4.93. The molecule has 0 aliphatic heterocycles. The first-order chi connectivity index (χ1) is 7.91. The molecule has 2 amide bonds. The van der Waals surface area contributed by atoms with E-state index >= 15 is 0 Å². The highest BCUT2D eigenvalue weighted by atomic mass is 16.4. The molecule has 1 heterocycles. The van der Waals surface area contributed by atoms with E-state index in [1.807, 2.05) is 0 Å². The molecule has 0 spiro atoms. The summed E-state index contributed by atoms with van der Waals surface area (Å²) in [5, 5.41) is 8.64. The van der Waals surface area contributed by atoms with E-state index in [4.69, 9.17) is 15.3 Å². The van der Waals surface area contributed by atoms with Gasteiger partial charge in [-0.25, -0.2) is 0 Å². The van der Waals surface area contributed by atoms with Crippen LogP contribution >= 0.6 is 0 Å². The average Bonchev–Trinajstić information content (AvgIpc) is 2.61. The second-order valence-electron chi connectivity index (χ2n) is 3.41. The van der Waals surface area contributed by atoms with E-state index in [1.165, 1.54) is 12.3 Å². The number of hydrogen-bond donors (Lipinski definition) is 2. The lowest BCUT2D eigenvalue weighted by Crippen LogP contribution is -2.41. The fourth-order valence-electron chi connectivity index (χ4n) is 1.33. The second-order valence-corrected chi connectivity index (χ2v) is 3.41. The standard InChI is InChI=1S/C10H12N2O5/c1-6-7(2-3-17-6)10(16)12(4-8(11)13)5-9(14)15/h2-3H,4-5H2,1H3,(H2,11,13)(H,14,15). The fourth-order valence-corrected chi connectivity index (χ4v) is 1.33. The minimum absolute atomic E-state index is 0.215. The van der Waals surface area contributed by atoms with Crippen LogP contribution in [0.15, 0.2) is 16.7 Å². The highest BCUT2D eigenvalue weighted by Gasteiger charge is 2.22. The third kappa shape index (κ3) is 3.33. The van der Waals surface area contributed by atoms with Gasteiger partial charge >= 0.3 is 5.97 Å². The summed E-state index contributed by atoms with van der Waals surface area (Å²) in [6.07, 6.45) is 1.31. The largest absolute Gasteiger partial charge is 0.480 e. The zero-order valence-corrected chi connectivity index (χ0v) is 9.17. The predicted octanol–water partition coefficient (Wildman–Crippen LogP) is -0.400. The molecule has 3 N–H and O–H groups in total. The molecule has 0 aliphatic carbocycles. The molecule has 1 aromatic heterocycles. The highest BCUT2D eigenvalue weighted by Crippen LogP contribution is 2.11. The zero-order chi connectivity index (χ0) is 13.0. The van der Waals surface area contributed by atoms with Crippen molar-refractivity contribution in [3.8, 4) is 0 Å². The molecule has 0 unspecified atom stereocenters. The molecule has 92 valence electrons. The Hall–Kier alpha value is -2.31. The van der Waals surface area contributed by atoms with Crippen LogP contribution in [-0.4, -0.2) is 40.9 Å². The number of aryl methyl sites for hydroxylation is 1. The van der Waals surface area contributed by atoms with Crippen LogP contribution in [0, 0.1) is 6.92 Å². The molecule has 1 aromatic rings. The number of carboxylic acid groups (broad SMARTS) is 1. The van der Waals surface area contributed by atoms with E-state index in [0.29, 0.717) is 5.76 Å². The number of aliphatic carboxylic acids is 1. The molecule has 0 saturated heterocycles. The van der Waals surface area contributed by atoms with E-state index in [-0.39, 0.29) is 5.56 Å². The number of nitrogens with two attached hydrogens (primary N) is 1. The summed E-state index contributed by atoms with van der Waals surface area (Å²) in [6, 6.07) is 1.41. The Morgan fingerprint density at radius 3 is 2.47 bits per heavy atom. The number of amides is 2. The van der Waals surface area contributed by atoms with Gasteiger partial charge in [0, 0.05) is 0 Å². The maximum atomic E-state index is 11.9. The van der Waals surface area contributed by atoms with Crippen LogP contribution in [-0.2, 0) is 9.59 Å². The monoisotopic (exact) mass is 240 g/mol. The second kappa shape index (κ2) is 5.15. The summed E-state index contributed by atoms with van der Waals surface area (Å²) in [5.41, 5.74) is 5.16. The SMILES string of the molecule is Cc1occc1C(=O)N(CC(N)=O)CC(=O)O. The van der Waals surface area contributed by atoms with Gasteiger partial charge in [0.1, 0.15) is 18.8 Å². The molecule has 0 bridgehead atoms. The van der Waals surface area contributed by atoms with Gasteiger partial charge in [-0.1, -0.05) is 0 Å². The van der Waals surface area contributed by atoms with Gasteiger partial charge in [0.25, 0.3) is 5.91 Å². The zero-order valence-electron chi connectivity index (χ0n) is 9.17. The van der Waals surface area contributed by atoms with Crippen LogP contribution in [0.1, 0.15) is 16.1 Å². The topological polar surface area (TPSA) is 114 Å². The van der Waals surface area contributed by atoms with Crippen molar-refractivity contribution in [2.75, 3.05) is 13.1 Å². The summed E-state index contributed by atoms with van der Waals surface area (Å²) in [4.78, 5) is 34.1. The fraction of sp³-hybridized carbons (Fsp3) is 0.300. The van der Waals surface area contributed by atoms with E-state index in [9.17, 15) is 14.4 Å². The molecule has 0 aromatic carbocycles. The minimum Gasteiger partial charge on any atom is -0.480 e. The number of furan rings is 1. The molecule has 0 radical (unpaired) electrons. The molecule has 0 fully saturated rings. The normalized spacial score (nSPS) is 9.94. The van der Waals surface area contributed by atoms with Gasteiger partial charge in [0.15, 0.2) is 0 Å². The van der Waals surface area contributed by atoms with Crippen molar-refractivity contribution < 1.29 is 23.9 Å². The first kappa shape index (κ1) is 12.8. The molecule has 0 atom stereocenters. The Morgan fingerprint density at radius 2 is 2.06 bits per heavy atom. The van der Waals surface area contributed by atoms with Crippen molar-refractivity contribution in [3.05, 3.63) is 23.7 Å². The van der Waals surface area contributed by atoms with Crippen LogP contribution in [0.5, 0.6) is 0 Å². The Balaban J connectivity index is 2.90. The number of primary amides is 1. The number of rotatable bonds is 5. The smallest absolute Gasteiger partial charge is 0.323 e. The Labute approximate surface area is 96.8 Å². The van der Waals surface area contributed by atoms with Crippen LogP contribution in [0.4, 0.5) is 0 Å². The van der Waals surface area contributed by atoms with Gasteiger partial charge in [-0.15, -0.1) is 0 Å². The van der Waals surface area contributed by atoms with Crippen molar-refractivity contribution in [2.45, 2.75) is 6.92 Å². The van der Waals surface area contributed by atoms with Crippen molar-refractivity contribution >= 4 is 17.8 Å². The van der Waals surface area contributed by atoms with Crippen LogP contribution in [0.2, 0.25) is 0 Å².